The molecule has 0 saturated heterocycles. The van der Waals surface area contributed by atoms with Gasteiger partial charge in [0.2, 0.25) is 0 Å². The summed E-state index contributed by atoms with van der Waals surface area (Å²) in [6, 6.07) is 1.13. The third-order valence-electron chi connectivity index (χ3n) is 2.02. The summed E-state index contributed by atoms with van der Waals surface area (Å²) in [6.45, 7) is 10.6. The van der Waals surface area contributed by atoms with Crippen LogP contribution in [-0.4, -0.2) is 24.8 Å². The SMILES string of the molecule is CCCC[Si](CI)(OC(C)C)OC(C)C. The number of unbranched alkanes of at least 4 members (excludes halogenated alkanes) is 1. The molecular formula is C11H25IO2Si. The van der Waals surface area contributed by atoms with Gasteiger partial charge in [-0.15, -0.1) is 0 Å². The van der Waals surface area contributed by atoms with Crippen molar-refractivity contribution in [1.29, 1.82) is 0 Å². The molecular weight excluding hydrogens is 319 g/mol. The molecule has 0 spiro atoms. The maximum Gasteiger partial charge on any atom is 0.348 e. The second kappa shape index (κ2) is 8.03. The van der Waals surface area contributed by atoms with E-state index in [0.717, 1.165) is 10.1 Å². The molecule has 0 heterocycles. The van der Waals surface area contributed by atoms with E-state index in [-0.39, 0.29) is 12.2 Å². The van der Waals surface area contributed by atoms with Gasteiger partial charge in [-0.2, -0.15) is 0 Å². The standard InChI is InChI=1S/C11H25IO2Si/c1-6-7-8-15(9-12,13-10(2)3)14-11(4)5/h10-11H,6-9H2,1-5H3. The molecule has 0 aromatic carbocycles. The minimum Gasteiger partial charge on any atom is -0.391 e. The van der Waals surface area contributed by atoms with Crippen molar-refractivity contribution >= 4 is 31.2 Å². The van der Waals surface area contributed by atoms with Crippen molar-refractivity contribution in [2.75, 3.05) is 4.05 Å². The first-order chi connectivity index (χ1) is 6.95. The van der Waals surface area contributed by atoms with Crippen LogP contribution in [0.3, 0.4) is 0 Å². The normalized spacial score (nSPS) is 12.8. The smallest absolute Gasteiger partial charge is 0.348 e. The molecule has 0 amide bonds. The monoisotopic (exact) mass is 344 g/mol. The second-order valence-electron chi connectivity index (χ2n) is 4.48. The minimum atomic E-state index is -1.93. The van der Waals surface area contributed by atoms with Crippen LogP contribution in [0.4, 0.5) is 0 Å². The Morgan fingerprint density at radius 1 is 1.07 bits per heavy atom. The van der Waals surface area contributed by atoms with Gasteiger partial charge in [0.15, 0.2) is 0 Å². The van der Waals surface area contributed by atoms with E-state index in [2.05, 4.69) is 57.2 Å². The van der Waals surface area contributed by atoms with Crippen LogP contribution in [0, 0.1) is 0 Å². The van der Waals surface area contributed by atoms with E-state index >= 15 is 0 Å². The summed E-state index contributed by atoms with van der Waals surface area (Å²) >= 11 is 2.42. The molecule has 0 unspecified atom stereocenters. The predicted octanol–water partition coefficient (Wildman–Crippen LogP) is 4.05. The Hall–Kier alpha value is 0.867. The summed E-state index contributed by atoms with van der Waals surface area (Å²) in [4.78, 5) is 0. The van der Waals surface area contributed by atoms with E-state index in [1.807, 2.05) is 0 Å². The maximum atomic E-state index is 6.11. The van der Waals surface area contributed by atoms with E-state index < -0.39 is 8.56 Å². The lowest BCUT2D eigenvalue weighted by Gasteiger charge is -2.32. The Morgan fingerprint density at radius 3 is 1.80 bits per heavy atom. The van der Waals surface area contributed by atoms with Gasteiger partial charge >= 0.3 is 8.56 Å². The molecule has 0 fully saturated rings. The van der Waals surface area contributed by atoms with Crippen molar-refractivity contribution in [2.24, 2.45) is 0 Å². The van der Waals surface area contributed by atoms with Crippen molar-refractivity contribution in [1.82, 2.24) is 0 Å². The molecule has 92 valence electrons. The first kappa shape index (κ1) is 15.9. The zero-order valence-electron chi connectivity index (χ0n) is 10.7. The molecule has 0 rings (SSSR count). The Bertz CT molecular complexity index is 153. The molecule has 0 radical (unpaired) electrons. The summed E-state index contributed by atoms with van der Waals surface area (Å²) in [5.41, 5.74) is 0. The summed E-state index contributed by atoms with van der Waals surface area (Å²) in [5.74, 6) is 0. The Kier molecular flexibility index (Phi) is 8.50. The highest BCUT2D eigenvalue weighted by Gasteiger charge is 2.37. The molecule has 2 nitrogen and oxygen atoms in total. The number of alkyl halides is 1. The fourth-order valence-corrected chi connectivity index (χ4v) is 6.96. The lowest BCUT2D eigenvalue weighted by Crippen LogP contribution is -2.48. The van der Waals surface area contributed by atoms with Gasteiger partial charge in [0.1, 0.15) is 0 Å². The number of hydrogen-bond acceptors (Lipinski definition) is 2. The van der Waals surface area contributed by atoms with Crippen LogP contribution < -0.4 is 0 Å². The lowest BCUT2D eigenvalue weighted by atomic mass is 10.4. The molecule has 4 heteroatoms. The van der Waals surface area contributed by atoms with Crippen molar-refractivity contribution in [3.8, 4) is 0 Å². The van der Waals surface area contributed by atoms with Crippen LogP contribution in [0.1, 0.15) is 47.5 Å². The van der Waals surface area contributed by atoms with Crippen molar-refractivity contribution in [2.45, 2.75) is 65.7 Å². The van der Waals surface area contributed by atoms with Gasteiger partial charge in [0, 0.05) is 16.3 Å². The van der Waals surface area contributed by atoms with Crippen LogP contribution in [0.5, 0.6) is 0 Å². The van der Waals surface area contributed by atoms with Crippen molar-refractivity contribution < 1.29 is 8.85 Å². The first-order valence-electron chi connectivity index (χ1n) is 5.87. The van der Waals surface area contributed by atoms with Crippen molar-refractivity contribution in [3.05, 3.63) is 0 Å². The third-order valence-corrected chi connectivity index (χ3v) is 8.83. The summed E-state index contributed by atoms with van der Waals surface area (Å²) in [5, 5.41) is 0. The molecule has 0 bridgehead atoms. The number of rotatable bonds is 8. The minimum absolute atomic E-state index is 0.280. The third kappa shape index (κ3) is 6.91. The predicted molar refractivity (Wildman–Crippen MR) is 76.8 cm³/mol. The van der Waals surface area contributed by atoms with E-state index in [4.69, 9.17) is 8.85 Å². The van der Waals surface area contributed by atoms with Crippen LogP contribution in [-0.2, 0) is 8.85 Å². The van der Waals surface area contributed by atoms with Gasteiger partial charge in [-0.1, -0.05) is 42.4 Å². The number of halogens is 1. The van der Waals surface area contributed by atoms with Crippen molar-refractivity contribution in [3.63, 3.8) is 0 Å². The summed E-state index contributed by atoms with van der Waals surface area (Å²) < 4.78 is 13.2. The molecule has 0 aromatic rings. The molecule has 0 aliphatic heterocycles. The van der Waals surface area contributed by atoms with E-state index in [1.165, 1.54) is 12.8 Å². The topological polar surface area (TPSA) is 18.5 Å². The maximum absolute atomic E-state index is 6.11. The average Bonchev–Trinajstić information content (AvgIpc) is 2.12. The zero-order chi connectivity index (χ0) is 11.9. The van der Waals surface area contributed by atoms with Gasteiger partial charge in [-0.25, -0.2) is 0 Å². The van der Waals surface area contributed by atoms with Gasteiger partial charge in [-0.3, -0.25) is 0 Å². The van der Waals surface area contributed by atoms with Crippen LogP contribution >= 0.6 is 22.6 Å². The van der Waals surface area contributed by atoms with Crippen LogP contribution in [0.15, 0.2) is 0 Å². The Balaban J connectivity index is 4.44. The lowest BCUT2D eigenvalue weighted by molar-refractivity contribution is 0.109. The first-order valence-corrected chi connectivity index (χ1v) is 9.63. The van der Waals surface area contributed by atoms with E-state index in [0.29, 0.717) is 0 Å². The Morgan fingerprint density at radius 2 is 1.53 bits per heavy atom. The van der Waals surface area contributed by atoms with Gasteiger partial charge in [-0.05, 0) is 33.7 Å². The van der Waals surface area contributed by atoms with Crippen LogP contribution in [0.2, 0.25) is 6.04 Å². The van der Waals surface area contributed by atoms with Gasteiger partial charge in [0.25, 0.3) is 0 Å². The zero-order valence-corrected chi connectivity index (χ0v) is 13.8. The quantitative estimate of drug-likeness (QED) is 0.376. The molecule has 0 N–H and O–H groups in total. The molecule has 0 aromatic heterocycles. The molecule has 15 heavy (non-hydrogen) atoms. The van der Waals surface area contributed by atoms with E-state index in [9.17, 15) is 0 Å². The van der Waals surface area contributed by atoms with Crippen LogP contribution in [0.25, 0.3) is 0 Å². The Labute approximate surface area is 110 Å². The number of hydrogen-bond donors (Lipinski definition) is 0. The molecule has 0 atom stereocenters. The fourth-order valence-electron chi connectivity index (χ4n) is 1.58. The van der Waals surface area contributed by atoms with E-state index in [1.54, 1.807) is 0 Å². The highest BCUT2D eigenvalue weighted by molar-refractivity contribution is 14.1. The highest BCUT2D eigenvalue weighted by atomic mass is 127. The highest BCUT2D eigenvalue weighted by Crippen LogP contribution is 2.23. The second-order valence-corrected chi connectivity index (χ2v) is 9.83. The summed E-state index contributed by atoms with van der Waals surface area (Å²) in [6.07, 6.45) is 2.99. The average molecular weight is 344 g/mol. The largest absolute Gasteiger partial charge is 0.391 e. The van der Waals surface area contributed by atoms with Gasteiger partial charge in [0.05, 0.1) is 0 Å². The summed E-state index contributed by atoms with van der Waals surface area (Å²) in [7, 11) is -1.93. The molecule has 0 aliphatic carbocycles. The van der Waals surface area contributed by atoms with Gasteiger partial charge < -0.3 is 8.85 Å². The molecule has 0 aliphatic rings. The fraction of sp³-hybridized carbons (Fsp3) is 1.00. The molecule has 0 saturated carbocycles.